The molecule has 1 saturated carbocycles. The van der Waals surface area contributed by atoms with Gasteiger partial charge >= 0.3 is 0 Å². The topological polar surface area (TPSA) is 60.9 Å². The highest BCUT2D eigenvalue weighted by Gasteiger charge is 2.56. The molecule has 0 bridgehead atoms. The monoisotopic (exact) mass is 378 g/mol. The fourth-order valence-electron chi connectivity index (χ4n) is 4.53. The molecular weight excluding hydrogens is 354 g/mol. The molecule has 1 aromatic rings. The summed E-state index contributed by atoms with van der Waals surface area (Å²) in [7, 11) is 0. The minimum absolute atomic E-state index is 0.0404. The van der Waals surface area contributed by atoms with Gasteiger partial charge in [-0.05, 0) is 38.2 Å². The summed E-state index contributed by atoms with van der Waals surface area (Å²) in [5.74, 6) is -1.96. The molecule has 2 amide bonds. The number of hydrogen-bond acceptors (Lipinski definition) is 3. The molecule has 2 aliphatic heterocycles. The van der Waals surface area contributed by atoms with Gasteiger partial charge in [0.05, 0.1) is 17.4 Å². The maximum absolute atomic E-state index is 14.0. The Morgan fingerprint density at radius 2 is 1.93 bits per heavy atom. The molecular formula is C20H24F2N2O3. The van der Waals surface area contributed by atoms with E-state index in [9.17, 15) is 23.5 Å². The molecule has 0 aromatic heterocycles. The van der Waals surface area contributed by atoms with Crippen molar-refractivity contribution in [3.63, 3.8) is 0 Å². The van der Waals surface area contributed by atoms with Crippen LogP contribution in [0.5, 0.6) is 0 Å². The molecule has 0 radical (unpaired) electrons. The third-order valence-corrected chi connectivity index (χ3v) is 6.47. The van der Waals surface area contributed by atoms with Crippen LogP contribution >= 0.6 is 0 Å². The number of nitrogens with zero attached hydrogens (tertiary/aromatic N) is 2. The van der Waals surface area contributed by atoms with E-state index in [4.69, 9.17) is 0 Å². The molecule has 1 spiro atoms. The lowest BCUT2D eigenvalue weighted by atomic mass is 9.78. The van der Waals surface area contributed by atoms with Crippen molar-refractivity contribution in [1.29, 1.82) is 0 Å². The van der Waals surface area contributed by atoms with Crippen LogP contribution in [0.15, 0.2) is 18.2 Å². The summed E-state index contributed by atoms with van der Waals surface area (Å²) in [6, 6.07) is 4.00. The van der Waals surface area contributed by atoms with Crippen LogP contribution in [0, 0.1) is 22.5 Å². The number of rotatable bonds is 4. The first-order valence-electron chi connectivity index (χ1n) is 9.53. The quantitative estimate of drug-likeness (QED) is 0.873. The van der Waals surface area contributed by atoms with Crippen molar-refractivity contribution in [2.75, 3.05) is 26.2 Å². The van der Waals surface area contributed by atoms with Gasteiger partial charge in [-0.25, -0.2) is 8.78 Å². The van der Waals surface area contributed by atoms with Crippen molar-refractivity contribution in [3.05, 3.63) is 35.4 Å². The van der Waals surface area contributed by atoms with Crippen molar-refractivity contribution in [3.8, 4) is 0 Å². The molecule has 1 aliphatic carbocycles. The minimum Gasteiger partial charge on any atom is -0.395 e. The van der Waals surface area contributed by atoms with E-state index in [2.05, 4.69) is 0 Å². The molecule has 1 atom stereocenters. The molecule has 2 heterocycles. The Balaban J connectivity index is 1.49. The fraction of sp³-hybridized carbons (Fsp3) is 0.600. The largest absolute Gasteiger partial charge is 0.395 e. The molecule has 1 unspecified atom stereocenters. The van der Waals surface area contributed by atoms with Crippen LogP contribution in [0.1, 0.15) is 37.7 Å². The first kappa shape index (κ1) is 18.3. The van der Waals surface area contributed by atoms with E-state index < -0.39 is 22.5 Å². The van der Waals surface area contributed by atoms with Crippen LogP contribution in [0.25, 0.3) is 0 Å². The number of piperidine rings is 1. The number of carbonyl (C=O) groups excluding carboxylic acids is 2. The number of amides is 2. The zero-order valence-electron chi connectivity index (χ0n) is 15.2. The number of benzene rings is 1. The number of aliphatic hydroxyl groups excluding tert-OH is 1. The lowest BCUT2D eigenvalue weighted by Gasteiger charge is -2.39. The van der Waals surface area contributed by atoms with Crippen molar-refractivity contribution in [1.82, 2.24) is 9.80 Å². The van der Waals surface area contributed by atoms with Crippen LogP contribution < -0.4 is 0 Å². The van der Waals surface area contributed by atoms with Crippen molar-refractivity contribution >= 4 is 11.8 Å². The van der Waals surface area contributed by atoms with Gasteiger partial charge in [0.1, 0.15) is 0 Å². The van der Waals surface area contributed by atoms with Crippen molar-refractivity contribution in [2.24, 2.45) is 10.8 Å². The van der Waals surface area contributed by atoms with E-state index in [-0.39, 0.29) is 30.5 Å². The second kappa shape index (κ2) is 6.55. The maximum Gasteiger partial charge on any atom is 0.231 e. The normalized spacial score (nSPS) is 26.7. The number of halogens is 2. The fourth-order valence-corrected chi connectivity index (χ4v) is 4.53. The molecule has 7 heteroatoms. The molecule has 4 rings (SSSR count). The zero-order chi connectivity index (χ0) is 19.2. The Morgan fingerprint density at radius 3 is 2.63 bits per heavy atom. The Morgan fingerprint density at radius 1 is 1.15 bits per heavy atom. The summed E-state index contributed by atoms with van der Waals surface area (Å²) in [5, 5.41) is 9.51. The third kappa shape index (κ3) is 3.02. The Labute approximate surface area is 156 Å². The Kier molecular flexibility index (Phi) is 4.45. The van der Waals surface area contributed by atoms with E-state index in [1.807, 2.05) is 0 Å². The first-order chi connectivity index (χ1) is 12.9. The molecule has 1 aromatic carbocycles. The molecule has 3 fully saturated rings. The number of aliphatic hydroxyl groups is 1. The second-order valence-electron chi connectivity index (χ2n) is 8.24. The second-order valence-corrected chi connectivity index (χ2v) is 8.24. The van der Waals surface area contributed by atoms with Gasteiger partial charge in [-0.15, -0.1) is 0 Å². The standard InChI is InChI=1S/C20H24F2N2O3/c21-15-4-1-3-14(16(15)22)11-23-9-2-5-19(17(23)26)8-10-24(12-19)18(27)20(13-25)6-7-20/h1,3-4,25H,2,5-13H2. The highest BCUT2D eigenvalue weighted by molar-refractivity contribution is 5.89. The maximum atomic E-state index is 14.0. The van der Waals surface area contributed by atoms with E-state index >= 15 is 0 Å². The molecule has 3 aliphatic rings. The average molecular weight is 378 g/mol. The smallest absolute Gasteiger partial charge is 0.231 e. The predicted octanol–water partition coefficient (Wildman–Crippen LogP) is 2.08. The van der Waals surface area contributed by atoms with E-state index in [0.717, 1.165) is 12.5 Å². The highest BCUT2D eigenvalue weighted by Crippen LogP contribution is 2.49. The zero-order valence-corrected chi connectivity index (χ0v) is 15.2. The van der Waals surface area contributed by atoms with Gasteiger partial charge in [-0.1, -0.05) is 12.1 Å². The van der Waals surface area contributed by atoms with Gasteiger partial charge < -0.3 is 14.9 Å². The molecule has 27 heavy (non-hydrogen) atoms. The van der Waals surface area contributed by atoms with Crippen LogP contribution in [0.2, 0.25) is 0 Å². The number of carbonyl (C=O) groups is 2. The average Bonchev–Trinajstić information content (AvgIpc) is 3.36. The third-order valence-electron chi connectivity index (χ3n) is 6.47. The Hall–Kier alpha value is -2.02. The van der Waals surface area contributed by atoms with E-state index in [1.54, 1.807) is 9.80 Å². The SMILES string of the molecule is O=C(N1CCC2(CCCN(Cc3cccc(F)c3F)C2=O)C1)C1(CO)CC1. The minimum atomic E-state index is -0.914. The molecule has 1 N–H and O–H groups in total. The van der Waals surface area contributed by atoms with Crippen LogP contribution in [-0.2, 0) is 16.1 Å². The highest BCUT2D eigenvalue weighted by atomic mass is 19.2. The first-order valence-corrected chi connectivity index (χ1v) is 9.53. The summed E-state index contributed by atoms with van der Waals surface area (Å²) in [6.07, 6.45) is 3.45. The molecule has 2 saturated heterocycles. The van der Waals surface area contributed by atoms with Gasteiger partial charge in [-0.3, -0.25) is 9.59 Å². The lowest BCUT2D eigenvalue weighted by Crippen LogP contribution is -2.50. The Bertz CT molecular complexity index is 780. The van der Waals surface area contributed by atoms with Crippen molar-refractivity contribution < 1.29 is 23.5 Å². The summed E-state index contributed by atoms with van der Waals surface area (Å²) in [4.78, 5) is 29.2. The number of likely N-dealkylation sites (tertiary alicyclic amines) is 2. The summed E-state index contributed by atoms with van der Waals surface area (Å²) < 4.78 is 27.5. The van der Waals surface area contributed by atoms with E-state index in [0.29, 0.717) is 45.3 Å². The van der Waals surface area contributed by atoms with Gasteiger partial charge in [0, 0.05) is 31.7 Å². The predicted molar refractivity (Wildman–Crippen MR) is 93.4 cm³/mol. The summed E-state index contributed by atoms with van der Waals surface area (Å²) >= 11 is 0. The van der Waals surface area contributed by atoms with Gasteiger partial charge in [0.25, 0.3) is 0 Å². The van der Waals surface area contributed by atoms with Crippen LogP contribution in [0.3, 0.4) is 0 Å². The van der Waals surface area contributed by atoms with E-state index in [1.165, 1.54) is 12.1 Å². The summed E-state index contributed by atoms with van der Waals surface area (Å²) in [5.41, 5.74) is -1.10. The van der Waals surface area contributed by atoms with Gasteiger partial charge in [-0.2, -0.15) is 0 Å². The van der Waals surface area contributed by atoms with Crippen LogP contribution in [0.4, 0.5) is 8.78 Å². The number of hydrogen-bond donors (Lipinski definition) is 1. The van der Waals surface area contributed by atoms with Crippen molar-refractivity contribution in [2.45, 2.75) is 38.6 Å². The lowest BCUT2D eigenvalue weighted by molar-refractivity contribution is -0.147. The van der Waals surface area contributed by atoms with Gasteiger partial charge in [0.2, 0.25) is 11.8 Å². The summed E-state index contributed by atoms with van der Waals surface area (Å²) in [6.45, 7) is 1.26. The van der Waals surface area contributed by atoms with Gasteiger partial charge in [0.15, 0.2) is 11.6 Å². The van der Waals surface area contributed by atoms with Crippen LogP contribution in [-0.4, -0.2) is 53.0 Å². The molecule has 5 nitrogen and oxygen atoms in total. The molecule has 146 valence electrons.